The second-order valence-corrected chi connectivity index (χ2v) is 5.74. The van der Waals surface area contributed by atoms with Gasteiger partial charge in [-0.05, 0) is 43.5 Å². The average molecular weight is 318 g/mol. The molecule has 2 heterocycles. The molecule has 6 heteroatoms. The molecule has 1 aromatic carbocycles. The summed E-state index contributed by atoms with van der Waals surface area (Å²) in [5.41, 5.74) is 2.40. The highest BCUT2D eigenvalue weighted by atomic mass is 16.5. The SMILES string of the molecule is CCOC(=O)C(=O)N1CCN(c2ccc3c(c2)CCCO3)CC1. The van der Waals surface area contributed by atoms with E-state index >= 15 is 0 Å². The van der Waals surface area contributed by atoms with Crippen molar-refractivity contribution in [3.05, 3.63) is 23.8 Å². The third-order valence-electron chi connectivity index (χ3n) is 4.27. The topological polar surface area (TPSA) is 59.1 Å². The number of amides is 1. The molecule has 0 atom stereocenters. The molecule has 1 aromatic rings. The molecule has 0 N–H and O–H groups in total. The number of nitrogens with zero attached hydrogens (tertiary/aromatic N) is 2. The molecule has 0 aliphatic carbocycles. The number of carbonyl (C=O) groups excluding carboxylic acids is 2. The van der Waals surface area contributed by atoms with Gasteiger partial charge in [0.15, 0.2) is 0 Å². The fourth-order valence-corrected chi connectivity index (χ4v) is 3.03. The lowest BCUT2D eigenvalue weighted by atomic mass is 10.0. The van der Waals surface area contributed by atoms with Crippen LogP contribution < -0.4 is 9.64 Å². The summed E-state index contributed by atoms with van der Waals surface area (Å²) in [6.07, 6.45) is 2.10. The molecular formula is C17H22N2O4. The predicted molar refractivity (Wildman–Crippen MR) is 85.7 cm³/mol. The zero-order valence-corrected chi connectivity index (χ0v) is 13.4. The van der Waals surface area contributed by atoms with Crippen molar-refractivity contribution in [3.8, 4) is 5.75 Å². The molecule has 0 spiro atoms. The van der Waals surface area contributed by atoms with Crippen LogP contribution in [-0.4, -0.2) is 56.2 Å². The standard InChI is InChI=1S/C17H22N2O4/c1-2-22-17(21)16(20)19-9-7-18(8-10-19)14-5-6-15-13(12-14)4-3-11-23-15/h5-6,12H,2-4,7-11H2,1H3. The molecule has 0 bridgehead atoms. The Hall–Kier alpha value is -2.24. The molecule has 0 aromatic heterocycles. The van der Waals surface area contributed by atoms with E-state index in [2.05, 4.69) is 17.0 Å². The number of ether oxygens (including phenoxy) is 2. The van der Waals surface area contributed by atoms with Crippen molar-refractivity contribution in [1.82, 2.24) is 4.90 Å². The molecule has 1 amide bonds. The minimum Gasteiger partial charge on any atom is -0.493 e. The maximum Gasteiger partial charge on any atom is 0.397 e. The predicted octanol–water partition coefficient (Wildman–Crippen LogP) is 1.22. The van der Waals surface area contributed by atoms with Gasteiger partial charge in [-0.1, -0.05) is 0 Å². The van der Waals surface area contributed by atoms with Crippen LogP contribution in [0.3, 0.4) is 0 Å². The quantitative estimate of drug-likeness (QED) is 0.606. The van der Waals surface area contributed by atoms with Gasteiger partial charge in [0, 0.05) is 31.9 Å². The second kappa shape index (κ2) is 6.89. The first-order chi connectivity index (χ1) is 11.2. The van der Waals surface area contributed by atoms with Crippen molar-refractivity contribution in [2.75, 3.05) is 44.3 Å². The van der Waals surface area contributed by atoms with Crippen LogP contribution in [0.2, 0.25) is 0 Å². The Kier molecular flexibility index (Phi) is 4.69. The minimum atomic E-state index is -0.758. The van der Waals surface area contributed by atoms with Gasteiger partial charge >= 0.3 is 11.9 Å². The molecular weight excluding hydrogens is 296 g/mol. The Morgan fingerprint density at radius 2 is 2.00 bits per heavy atom. The van der Waals surface area contributed by atoms with E-state index in [1.54, 1.807) is 11.8 Å². The van der Waals surface area contributed by atoms with Crippen LogP contribution in [-0.2, 0) is 20.7 Å². The Labute approximate surface area is 136 Å². The molecule has 6 nitrogen and oxygen atoms in total. The fraction of sp³-hybridized carbons (Fsp3) is 0.529. The number of fused-ring (bicyclic) bond motifs is 1. The molecule has 1 saturated heterocycles. The third kappa shape index (κ3) is 3.41. The number of carbonyl (C=O) groups is 2. The smallest absolute Gasteiger partial charge is 0.397 e. The molecule has 23 heavy (non-hydrogen) atoms. The van der Waals surface area contributed by atoms with E-state index in [1.807, 2.05) is 6.07 Å². The van der Waals surface area contributed by atoms with Crippen molar-refractivity contribution < 1.29 is 19.1 Å². The van der Waals surface area contributed by atoms with Crippen molar-refractivity contribution in [1.29, 1.82) is 0 Å². The van der Waals surface area contributed by atoms with Crippen LogP contribution in [0, 0.1) is 0 Å². The van der Waals surface area contributed by atoms with Gasteiger partial charge in [0.1, 0.15) is 5.75 Å². The van der Waals surface area contributed by atoms with E-state index in [9.17, 15) is 9.59 Å². The van der Waals surface area contributed by atoms with Gasteiger partial charge in [-0.3, -0.25) is 4.79 Å². The highest BCUT2D eigenvalue weighted by Gasteiger charge is 2.27. The van der Waals surface area contributed by atoms with Crippen molar-refractivity contribution in [2.24, 2.45) is 0 Å². The molecule has 2 aliphatic heterocycles. The highest BCUT2D eigenvalue weighted by Crippen LogP contribution is 2.29. The number of rotatable bonds is 2. The van der Waals surface area contributed by atoms with Gasteiger partial charge in [-0.25, -0.2) is 4.79 Å². The van der Waals surface area contributed by atoms with Crippen LogP contribution in [0.15, 0.2) is 18.2 Å². The summed E-state index contributed by atoms with van der Waals surface area (Å²) in [5.74, 6) is -0.312. The highest BCUT2D eigenvalue weighted by molar-refractivity contribution is 6.32. The second-order valence-electron chi connectivity index (χ2n) is 5.74. The van der Waals surface area contributed by atoms with Crippen molar-refractivity contribution in [2.45, 2.75) is 19.8 Å². The summed E-state index contributed by atoms with van der Waals surface area (Å²) in [5, 5.41) is 0. The van der Waals surface area contributed by atoms with E-state index in [0.717, 1.165) is 30.9 Å². The normalized spacial score (nSPS) is 17.3. The summed E-state index contributed by atoms with van der Waals surface area (Å²) in [6, 6.07) is 6.27. The third-order valence-corrected chi connectivity index (χ3v) is 4.27. The fourth-order valence-electron chi connectivity index (χ4n) is 3.03. The monoisotopic (exact) mass is 318 g/mol. The molecule has 0 unspecified atom stereocenters. The lowest BCUT2D eigenvalue weighted by molar-refractivity contribution is -0.160. The largest absolute Gasteiger partial charge is 0.493 e. The number of benzene rings is 1. The van der Waals surface area contributed by atoms with Gasteiger partial charge in [0.25, 0.3) is 0 Å². The zero-order chi connectivity index (χ0) is 16.2. The summed E-state index contributed by atoms with van der Waals surface area (Å²) < 4.78 is 10.4. The first-order valence-corrected chi connectivity index (χ1v) is 8.15. The van der Waals surface area contributed by atoms with Gasteiger partial charge in [-0.2, -0.15) is 0 Å². The first kappa shape index (κ1) is 15.6. The number of anilines is 1. The summed E-state index contributed by atoms with van der Waals surface area (Å²) in [4.78, 5) is 27.3. The zero-order valence-electron chi connectivity index (χ0n) is 13.4. The molecule has 1 fully saturated rings. The van der Waals surface area contributed by atoms with Gasteiger partial charge in [-0.15, -0.1) is 0 Å². The van der Waals surface area contributed by atoms with Crippen LogP contribution in [0.1, 0.15) is 18.9 Å². The van der Waals surface area contributed by atoms with Crippen molar-refractivity contribution >= 4 is 17.6 Å². The Morgan fingerprint density at radius 1 is 1.22 bits per heavy atom. The van der Waals surface area contributed by atoms with E-state index in [0.29, 0.717) is 26.2 Å². The lowest BCUT2D eigenvalue weighted by Gasteiger charge is -2.36. The van der Waals surface area contributed by atoms with Crippen LogP contribution >= 0.6 is 0 Å². The maximum absolute atomic E-state index is 11.9. The summed E-state index contributed by atoms with van der Waals surface area (Å²) in [7, 11) is 0. The van der Waals surface area contributed by atoms with E-state index in [-0.39, 0.29) is 6.61 Å². The van der Waals surface area contributed by atoms with E-state index in [4.69, 9.17) is 9.47 Å². The average Bonchev–Trinajstić information content (AvgIpc) is 2.61. The first-order valence-electron chi connectivity index (χ1n) is 8.15. The maximum atomic E-state index is 11.9. The Morgan fingerprint density at radius 3 is 2.74 bits per heavy atom. The Balaban J connectivity index is 1.61. The number of esters is 1. The minimum absolute atomic E-state index is 0.224. The molecule has 0 radical (unpaired) electrons. The van der Waals surface area contributed by atoms with Crippen LogP contribution in [0.4, 0.5) is 5.69 Å². The number of hydrogen-bond acceptors (Lipinski definition) is 5. The van der Waals surface area contributed by atoms with Crippen molar-refractivity contribution in [3.63, 3.8) is 0 Å². The van der Waals surface area contributed by atoms with Gasteiger partial charge in [0.2, 0.25) is 0 Å². The van der Waals surface area contributed by atoms with Gasteiger partial charge < -0.3 is 19.3 Å². The number of aryl methyl sites for hydroxylation is 1. The Bertz CT molecular complexity index is 594. The molecule has 0 saturated carbocycles. The number of piperazine rings is 1. The van der Waals surface area contributed by atoms with Gasteiger partial charge in [0.05, 0.1) is 13.2 Å². The van der Waals surface area contributed by atoms with Crippen LogP contribution in [0.5, 0.6) is 5.75 Å². The summed E-state index contributed by atoms with van der Waals surface area (Å²) in [6.45, 7) is 5.21. The lowest BCUT2D eigenvalue weighted by Crippen LogP contribution is -2.51. The van der Waals surface area contributed by atoms with Crippen LogP contribution in [0.25, 0.3) is 0 Å². The molecule has 2 aliphatic rings. The van der Waals surface area contributed by atoms with E-state index in [1.165, 1.54) is 5.56 Å². The molecule has 124 valence electrons. The summed E-state index contributed by atoms with van der Waals surface area (Å²) >= 11 is 0. The van der Waals surface area contributed by atoms with E-state index < -0.39 is 11.9 Å². The number of hydrogen-bond donors (Lipinski definition) is 0. The molecule has 3 rings (SSSR count).